The zero-order chi connectivity index (χ0) is 12.3. The minimum absolute atomic E-state index is 0.0299. The number of aliphatic hydroxyl groups excluding tert-OH is 2. The summed E-state index contributed by atoms with van der Waals surface area (Å²) in [5, 5.41) is 19.2. The van der Waals surface area contributed by atoms with Crippen molar-refractivity contribution < 1.29 is 10.2 Å². The van der Waals surface area contributed by atoms with Crippen molar-refractivity contribution in [1.82, 2.24) is 0 Å². The predicted octanol–water partition coefficient (Wildman–Crippen LogP) is 2.62. The molecule has 0 bridgehead atoms. The second-order valence-electron chi connectivity index (χ2n) is 5.04. The molecule has 0 aliphatic heterocycles. The van der Waals surface area contributed by atoms with Crippen LogP contribution in [0.4, 0.5) is 0 Å². The van der Waals surface area contributed by atoms with Gasteiger partial charge in [0.2, 0.25) is 0 Å². The van der Waals surface area contributed by atoms with Crippen LogP contribution < -0.4 is 0 Å². The lowest BCUT2D eigenvalue weighted by Crippen LogP contribution is -2.20. The molecule has 2 N–H and O–H groups in total. The van der Waals surface area contributed by atoms with Crippen LogP contribution in [0.1, 0.15) is 38.0 Å². The van der Waals surface area contributed by atoms with Crippen molar-refractivity contribution in [2.24, 2.45) is 0 Å². The lowest BCUT2D eigenvalue weighted by molar-refractivity contribution is 0.0327. The first-order valence-corrected chi connectivity index (χ1v) is 5.92. The fraction of sp³-hybridized carbons (Fsp3) is 0.538. The fourth-order valence-electron chi connectivity index (χ4n) is 1.49. The van der Waals surface area contributed by atoms with Gasteiger partial charge < -0.3 is 10.2 Å². The molecule has 2 nitrogen and oxygen atoms in total. The van der Waals surface area contributed by atoms with Gasteiger partial charge >= 0.3 is 0 Å². The number of halogens is 1. The van der Waals surface area contributed by atoms with Gasteiger partial charge in [0.1, 0.15) is 6.10 Å². The average molecular weight is 243 g/mol. The molecule has 0 aliphatic carbocycles. The van der Waals surface area contributed by atoms with Crippen LogP contribution in [-0.4, -0.2) is 22.2 Å². The molecule has 1 aromatic carbocycles. The Morgan fingerprint density at radius 2 is 1.62 bits per heavy atom. The minimum atomic E-state index is -0.915. The molecule has 16 heavy (non-hydrogen) atoms. The largest absolute Gasteiger partial charge is 0.389 e. The van der Waals surface area contributed by atoms with E-state index in [0.29, 0.717) is 5.56 Å². The van der Waals surface area contributed by atoms with Gasteiger partial charge in [-0.2, -0.15) is 0 Å². The highest BCUT2D eigenvalue weighted by molar-refractivity contribution is 6.18. The number of aliphatic hydroxyl groups is 2. The third-order valence-corrected chi connectivity index (χ3v) is 2.96. The van der Waals surface area contributed by atoms with Gasteiger partial charge in [0.05, 0.1) is 12.0 Å². The summed E-state index contributed by atoms with van der Waals surface area (Å²) in [6.45, 7) is 6.39. The number of benzene rings is 1. The van der Waals surface area contributed by atoms with Gasteiger partial charge in [-0.05, 0) is 16.5 Å². The van der Waals surface area contributed by atoms with Crippen LogP contribution in [0.2, 0.25) is 0 Å². The molecule has 2 unspecified atom stereocenters. The highest BCUT2D eigenvalue weighted by atomic mass is 35.5. The topological polar surface area (TPSA) is 40.5 Å². The summed E-state index contributed by atoms with van der Waals surface area (Å²) >= 11 is 5.49. The Balaban J connectivity index is 2.87. The molecule has 90 valence electrons. The Morgan fingerprint density at radius 3 is 2.00 bits per heavy atom. The minimum Gasteiger partial charge on any atom is -0.389 e. The Bertz CT molecular complexity index is 327. The molecule has 0 saturated carbocycles. The van der Waals surface area contributed by atoms with Crippen LogP contribution in [-0.2, 0) is 5.41 Å². The second-order valence-corrected chi connectivity index (χ2v) is 5.35. The summed E-state index contributed by atoms with van der Waals surface area (Å²) in [4.78, 5) is 0. The van der Waals surface area contributed by atoms with Crippen molar-refractivity contribution in [2.75, 3.05) is 5.88 Å². The molecule has 0 fully saturated rings. The summed E-state index contributed by atoms with van der Waals surface area (Å²) in [6, 6.07) is 7.61. The van der Waals surface area contributed by atoms with Crippen molar-refractivity contribution in [2.45, 2.75) is 38.4 Å². The van der Waals surface area contributed by atoms with Crippen molar-refractivity contribution in [1.29, 1.82) is 0 Å². The molecular formula is C13H19ClO2. The second kappa shape index (κ2) is 5.17. The lowest BCUT2D eigenvalue weighted by atomic mass is 9.86. The Kier molecular flexibility index (Phi) is 4.36. The van der Waals surface area contributed by atoms with Crippen molar-refractivity contribution in [3.63, 3.8) is 0 Å². The molecule has 0 saturated heterocycles. The van der Waals surface area contributed by atoms with Gasteiger partial charge in [0.15, 0.2) is 0 Å². The van der Waals surface area contributed by atoms with E-state index in [0.717, 1.165) is 0 Å². The molecule has 0 spiro atoms. The maximum Gasteiger partial charge on any atom is 0.106 e. The normalized spacial score (nSPS) is 15.9. The average Bonchev–Trinajstić information content (AvgIpc) is 2.26. The maximum absolute atomic E-state index is 9.75. The molecule has 0 aliphatic rings. The molecule has 1 aromatic rings. The number of hydrogen-bond acceptors (Lipinski definition) is 2. The maximum atomic E-state index is 9.75. The highest BCUT2D eigenvalue weighted by Gasteiger charge is 2.18. The van der Waals surface area contributed by atoms with E-state index in [1.54, 1.807) is 0 Å². The van der Waals surface area contributed by atoms with Crippen LogP contribution in [0.5, 0.6) is 0 Å². The highest BCUT2D eigenvalue weighted by Crippen LogP contribution is 2.25. The summed E-state index contributed by atoms with van der Waals surface area (Å²) in [5.41, 5.74) is 1.99. The smallest absolute Gasteiger partial charge is 0.106 e. The summed E-state index contributed by atoms with van der Waals surface area (Å²) in [6.07, 6.45) is -1.83. The summed E-state index contributed by atoms with van der Waals surface area (Å²) in [5.74, 6) is 0.0299. The summed E-state index contributed by atoms with van der Waals surface area (Å²) in [7, 11) is 0. The Hall–Kier alpha value is -0.570. The molecule has 0 radical (unpaired) electrons. The van der Waals surface area contributed by atoms with Crippen LogP contribution >= 0.6 is 11.6 Å². The van der Waals surface area contributed by atoms with Crippen molar-refractivity contribution >= 4 is 11.6 Å². The molecule has 0 heterocycles. The monoisotopic (exact) mass is 242 g/mol. The number of rotatable bonds is 3. The number of alkyl halides is 1. The molecule has 1 rings (SSSR count). The fourth-order valence-corrected chi connectivity index (χ4v) is 1.66. The molecule has 0 aromatic heterocycles. The van der Waals surface area contributed by atoms with Gasteiger partial charge in [0, 0.05) is 0 Å². The van der Waals surface area contributed by atoms with Gasteiger partial charge in [-0.1, -0.05) is 45.0 Å². The first-order valence-electron chi connectivity index (χ1n) is 5.39. The van der Waals surface area contributed by atoms with E-state index in [9.17, 15) is 10.2 Å². The zero-order valence-corrected chi connectivity index (χ0v) is 10.7. The third kappa shape index (κ3) is 3.21. The van der Waals surface area contributed by atoms with Gasteiger partial charge in [-0.15, -0.1) is 11.6 Å². The zero-order valence-electron chi connectivity index (χ0n) is 9.94. The molecule has 0 amide bonds. The van der Waals surface area contributed by atoms with Crippen LogP contribution in [0.3, 0.4) is 0 Å². The summed E-state index contributed by atoms with van der Waals surface area (Å²) < 4.78 is 0. The first kappa shape index (κ1) is 13.5. The van der Waals surface area contributed by atoms with E-state index >= 15 is 0 Å². The lowest BCUT2D eigenvalue weighted by Gasteiger charge is -2.21. The van der Waals surface area contributed by atoms with E-state index in [2.05, 4.69) is 20.8 Å². The molecule has 3 heteroatoms. The van der Waals surface area contributed by atoms with Gasteiger partial charge in [-0.25, -0.2) is 0 Å². The molecule has 2 atom stereocenters. The quantitative estimate of drug-likeness (QED) is 0.800. The van der Waals surface area contributed by atoms with Crippen LogP contribution in [0.25, 0.3) is 0 Å². The predicted molar refractivity (Wildman–Crippen MR) is 66.8 cm³/mol. The molecular weight excluding hydrogens is 224 g/mol. The van der Waals surface area contributed by atoms with Crippen molar-refractivity contribution in [3.05, 3.63) is 35.4 Å². The van der Waals surface area contributed by atoms with E-state index in [1.165, 1.54) is 5.56 Å². The number of hydrogen-bond donors (Lipinski definition) is 2. The van der Waals surface area contributed by atoms with E-state index < -0.39 is 12.2 Å². The van der Waals surface area contributed by atoms with Crippen LogP contribution in [0.15, 0.2) is 24.3 Å². The third-order valence-electron chi connectivity index (χ3n) is 2.64. The van der Waals surface area contributed by atoms with Gasteiger partial charge in [-0.3, -0.25) is 0 Å². The van der Waals surface area contributed by atoms with E-state index in [1.807, 2.05) is 24.3 Å². The SMILES string of the molecule is CC(C)(C)c1ccc(C(O)C(O)CCl)cc1. The van der Waals surface area contributed by atoms with Gasteiger partial charge in [0.25, 0.3) is 0 Å². The standard InChI is InChI=1S/C13H19ClO2/c1-13(2,3)10-6-4-9(5-7-10)12(16)11(15)8-14/h4-7,11-12,15-16H,8H2,1-3H3. The van der Waals surface area contributed by atoms with E-state index in [4.69, 9.17) is 11.6 Å². The van der Waals surface area contributed by atoms with E-state index in [-0.39, 0.29) is 11.3 Å². The Labute approximate surface area is 102 Å². The first-order chi connectivity index (χ1) is 7.36. The Morgan fingerprint density at radius 1 is 1.12 bits per heavy atom. The van der Waals surface area contributed by atoms with Crippen molar-refractivity contribution in [3.8, 4) is 0 Å². The van der Waals surface area contributed by atoms with Crippen LogP contribution in [0, 0.1) is 0 Å².